The number of hydrogen-bond donors (Lipinski definition) is 2. The molecule has 1 aromatic rings. The number of aryl methyl sites for hydroxylation is 2. The Bertz CT molecular complexity index is 399. The fourth-order valence-corrected chi connectivity index (χ4v) is 2.96. The van der Waals surface area contributed by atoms with Crippen LogP contribution < -0.4 is 10.2 Å². The highest BCUT2D eigenvalue weighted by Crippen LogP contribution is 2.24. The molecule has 3 heteroatoms. The Balaban J connectivity index is 2.22. The van der Waals surface area contributed by atoms with Crippen LogP contribution in [0.1, 0.15) is 30.9 Å². The molecule has 2 N–H and O–H groups in total. The summed E-state index contributed by atoms with van der Waals surface area (Å²) in [4.78, 5) is 2.49. The Labute approximate surface area is 116 Å². The third-order valence-corrected chi connectivity index (χ3v) is 3.96. The summed E-state index contributed by atoms with van der Waals surface area (Å²) in [5.41, 5.74) is 3.95. The standard InChI is InChI=1S/C16H26N2O/c1-12-8-13(2)10-16(9-12)18-11-15(5-7-19)17-6-4-14(18)3/h8-10,14-15,17,19H,4-7,11H2,1-3H3. The first-order valence-corrected chi connectivity index (χ1v) is 7.29. The Kier molecular flexibility index (Phi) is 4.83. The second-order valence-corrected chi connectivity index (χ2v) is 5.80. The van der Waals surface area contributed by atoms with E-state index in [1.165, 1.54) is 16.8 Å². The summed E-state index contributed by atoms with van der Waals surface area (Å²) in [7, 11) is 0. The van der Waals surface area contributed by atoms with Gasteiger partial charge in [-0.25, -0.2) is 0 Å². The molecule has 0 aliphatic carbocycles. The van der Waals surface area contributed by atoms with E-state index in [0.717, 1.165) is 25.9 Å². The summed E-state index contributed by atoms with van der Waals surface area (Å²) in [6.45, 7) is 8.87. The van der Waals surface area contributed by atoms with Crippen LogP contribution in [0.4, 0.5) is 5.69 Å². The molecule has 0 amide bonds. The maximum absolute atomic E-state index is 9.16. The second-order valence-electron chi connectivity index (χ2n) is 5.80. The molecule has 2 atom stereocenters. The lowest BCUT2D eigenvalue weighted by Gasteiger charge is -2.32. The van der Waals surface area contributed by atoms with Gasteiger partial charge < -0.3 is 15.3 Å². The van der Waals surface area contributed by atoms with E-state index in [1.54, 1.807) is 0 Å². The van der Waals surface area contributed by atoms with Gasteiger partial charge in [0.25, 0.3) is 0 Å². The Morgan fingerprint density at radius 2 is 1.95 bits per heavy atom. The first-order valence-electron chi connectivity index (χ1n) is 7.29. The van der Waals surface area contributed by atoms with Crippen LogP contribution in [0.15, 0.2) is 18.2 Å². The van der Waals surface area contributed by atoms with Crippen molar-refractivity contribution in [1.29, 1.82) is 0 Å². The van der Waals surface area contributed by atoms with Crippen molar-refractivity contribution in [3.63, 3.8) is 0 Å². The van der Waals surface area contributed by atoms with Gasteiger partial charge in [-0.3, -0.25) is 0 Å². The van der Waals surface area contributed by atoms with Crippen molar-refractivity contribution in [3.8, 4) is 0 Å². The molecule has 106 valence electrons. The van der Waals surface area contributed by atoms with Crippen LogP contribution >= 0.6 is 0 Å². The van der Waals surface area contributed by atoms with Gasteiger partial charge in [0, 0.05) is 30.9 Å². The average molecular weight is 262 g/mol. The Hall–Kier alpha value is -1.06. The summed E-state index contributed by atoms with van der Waals surface area (Å²) >= 11 is 0. The number of aliphatic hydroxyl groups is 1. The highest BCUT2D eigenvalue weighted by molar-refractivity contribution is 5.52. The van der Waals surface area contributed by atoms with E-state index in [9.17, 15) is 0 Å². The van der Waals surface area contributed by atoms with Gasteiger partial charge in [-0.15, -0.1) is 0 Å². The zero-order valence-electron chi connectivity index (χ0n) is 12.3. The van der Waals surface area contributed by atoms with Gasteiger partial charge in [0.2, 0.25) is 0 Å². The van der Waals surface area contributed by atoms with Crippen LogP contribution in [0.25, 0.3) is 0 Å². The largest absolute Gasteiger partial charge is 0.396 e. The third kappa shape index (κ3) is 3.71. The molecule has 1 aliphatic rings. The van der Waals surface area contributed by atoms with Crippen LogP contribution in [0.3, 0.4) is 0 Å². The summed E-state index contributed by atoms with van der Waals surface area (Å²) in [5.74, 6) is 0. The monoisotopic (exact) mass is 262 g/mol. The molecule has 1 aliphatic heterocycles. The van der Waals surface area contributed by atoms with Crippen molar-refractivity contribution in [2.24, 2.45) is 0 Å². The zero-order valence-corrected chi connectivity index (χ0v) is 12.3. The molecule has 1 heterocycles. The Morgan fingerprint density at radius 3 is 2.58 bits per heavy atom. The topological polar surface area (TPSA) is 35.5 Å². The van der Waals surface area contributed by atoms with Crippen molar-refractivity contribution in [2.45, 2.75) is 45.7 Å². The molecule has 1 fully saturated rings. The van der Waals surface area contributed by atoms with E-state index in [0.29, 0.717) is 12.1 Å². The molecule has 2 rings (SSSR count). The smallest absolute Gasteiger partial charge is 0.0446 e. The predicted molar refractivity (Wildman–Crippen MR) is 80.8 cm³/mol. The van der Waals surface area contributed by atoms with Crippen molar-refractivity contribution >= 4 is 5.69 Å². The Morgan fingerprint density at radius 1 is 1.26 bits per heavy atom. The SMILES string of the molecule is Cc1cc(C)cc(N2CC(CCO)NCCC2C)c1. The fraction of sp³-hybridized carbons (Fsp3) is 0.625. The molecule has 0 spiro atoms. The van der Waals surface area contributed by atoms with E-state index in [2.05, 4.69) is 49.2 Å². The lowest BCUT2D eigenvalue weighted by Crippen LogP contribution is -2.40. The summed E-state index contributed by atoms with van der Waals surface area (Å²) in [6, 6.07) is 7.68. The van der Waals surface area contributed by atoms with Gasteiger partial charge in [-0.1, -0.05) is 6.07 Å². The first-order chi connectivity index (χ1) is 9.10. The van der Waals surface area contributed by atoms with E-state index in [-0.39, 0.29) is 6.61 Å². The molecule has 19 heavy (non-hydrogen) atoms. The highest BCUT2D eigenvalue weighted by Gasteiger charge is 2.22. The summed E-state index contributed by atoms with van der Waals surface area (Å²) in [5, 5.41) is 12.7. The van der Waals surface area contributed by atoms with Crippen LogP contribution in [0.2, 0.25) is 0 Å². The van der Waals surface area contributed by atoms with E-state index in [4.69, 9.17) is 5.11 Å². The number of aliphatic hydroxyl groups excluding tert-OH is 1. The minimum absolute atomic E-state index is 0.257. The van der Waals surface area contributed by atoms with Gasteiger partial charge in [0.1, 0.15) is 0 Å². The first kappa shape index (κ1) is 14.4. The van der Waals surface area contributed by atoms with Gasteiger partial charge in [0.15, 0.2) is 0 Å². The second kappa shape index (κ2) is 6.40. The molecule has 1 aromatic carbocycles. The molecule has 3 nitrogen and oxygen atoms in total. The van der Waals surface area contributed by atoms with Crippen molar-refractivity contribution in [2.75, 3.05) is 24.6 Å². The minimum Gasteiger partial charge on any atom is -0.396 e. The highest BCUT2D eigenvalue weighted by atomic mass is 16.3. The molecular formula is C16H26N2O. The normalized spacial score (nSPS) is 24.3. The quantitative estimate of drug-likeness (QED) is 0.877. The maximum Gasteiger partial charge on any atom is 0.0446 e. The number of rotatable bonds is 3. The molecular weight excluding hydrogens is 236 g/mol. The molecule has 0 radical (unpaired) electrons. The summed E-state index contributed by atoms with van der Waals surface area (Å²) < 4.78 is 0. The molecule has 0 saturated carbocycles. The lowest BCUT2D eigenvalue weighted by atomic mass is 10.1. The minimum atomic E-state index is 0.257. The van der Waals surface area contributed by atoms with Gasteiger partial charge in [-0.2, -0.15) is 0 Å². The third-order valence-electron chi connectivity index (χ3n) is 3.96. The lowest BCUT2D eigenvalue weighted by molar-refractivity contribution is 0.267. The van der Waals surface area contributed by atoms with Gasteiger partial charge >= 0.3 is 0 Å². The van der Waals surface area contributed by atoms with Crippen LogP contribution in [-0.2, 0) is 0 Å². The van der Waals surface area contributed by atoms with Gasteiger partial charge in [-0.05, 0) is 63.4 Å². The van der Waals surface area contributed by atoms with Crippen LogP contribution in [-0.4, -0.2) is 36.9 Å². The van der Waals surface area contributed by atoms with Gasteiger partial charge in [0.05, 0.1) is 0 Å². The van der Waals surface area contributed by atoms with Crippen molar-refractivity contribution < 1.29 is 5.11 Å². The van der Waals surface area contributed by atoms with E-state index >= 15 is 0 Å². The number of benzene rings is 1. The fourth-order valence-electron chi connectivity index (χ4n) is 2.96. The molecule has 0 aromatic heterocycles. The predicted octanol–water partition coefficient (Wildman–Crippen LogP) is 2.24. The maximum atomic E-state index is 9.16. The van der Waals surface area contributed by atoms with E-state index in [1.807, 2.05) is 0 Å². The molecule has 1 saturated heterocycles. The number of nitrogens with one attached hydrogen (secondary N) is 1. The number of anilines is 1. The zero-order chi connectivity index (χ0) is 13.8. The molecule has 0 bridgehead atoms. The average Bonchev–Trinajstić information content (AvgIpc) is 2.51. The van der Waals surface area contributed by atoms with Crippen molar-refractivity contribution in [1.82, 2.24) is 5.32 Å². The van der Waals surface area contributed by atoms with Crippen molar-refractivity contribution in [3.05, 3.63) is 29.3 Å². The number of hydrogen-bond acceptors (Lipinski definition) is 3. The summed E-state index contributed by atoms with van der Waals surface area (Å²) in [6.07, 6.45) is 1.98. The van der Waals surface area contributed by atoms with Crippen LogP contribution in [0.5, 0.6) is 0 Å². The molecule has 2 unspecified atom stereocenters. The number of nitrogens with zero attached hydrogens (tertiary/aromatic N) is 1. The van der Waals surface area contributed by atoms with Crippen LogP contribution in [0, 0.1) is 13.8 Å². The van der Waals surface area contributed by atoms with E-state index < -0.39 is 0 Å².